The summed E-state index contributed by atoms with van der Waals surface area (Å²) in [7, 11) is 0. The number of amides is 3. The van der Waals surface area contributed by atoms with Gasteiger partial charge in [-0.05, 0) is 43.5 Å². The summed E-state index contributed by atoms with van der Waals surface area (Å²) in [4.78, 5) is 25.6. The molecule has 0 atom stereocenters. The molecule has 0 saturated carbocycles. The summed E-state index contributed by atoms with van der Waals surface area (Å²) < 4.78 is 6.85. The minimum absolute atomic E-state index is 0.0507. The number of nitrogens with one attached hydrogen (secondary N) is 2. The molecule has 1 aromatic heterocycles. The van der Waals surface area contributed by atoms with Gasteiger partial charge in [-0.3, -0.25) is 4.68 Å². The molecule has 3 rings (SSSR count). The number of nitrogens with zero attached hydrogens (tertiary/aromatic N) is 3. The van der Waals surface area contributed by atoms with Gasteiger partial charge in [-0.15, -0.1) is 0 Å². The Kier molecular flexibility index (Phi) is 6.30. The summed E-state index contributed by atoms with van der Waals surface area (Å²) in [6, 6.07) is 9.39. The zero-order chi connectivity index (χ0) is 19.1. The van der Waals surface area contributed by atoms with Gasteiger partial charge in [-0.25, -0.2) is 9.59 Å². The van der Waals surface area contributed by atoms with Crippen LogP contribution >= 0.6 is 0 Å². The Morgan fingerprint density at radius 1 is 1.22 bits per heavy atom. The number of carbonyl (C=O) groups is 2. The number of ether oxygens (including phenoxy) is 1. The molecule has 0 unspecified atom stereocenters. The molecule has 1 saturated heterocycles. The van der Waals surface area contributed by atoms with Crippen LogP contribution in [0, 0.1) is 0 Å². The normalized spacial score (nSPS) is 14.6. The van der Waals surface area contributed by atoms with E-state index < -0.39 is 0 Å². The van der Waals surface area contributed by atoms with E-state index in [1.54, 1.807) is 18.0 Å². The van der Waals surface area contributed by atoms with E-state index in [1.165, 1.54) is 0 Å². The number of benzene rings is 1. The van der Waals surface area contributed by atoms with Crippen LogP contribution < -0.4 is 10.6 Å². The number of rotatable bonds is 5. The molecule has 8 nitrogen and oxygen atoms in total. The highest BCUT2D eigenvalue weighted by atomic mass is 16.6. The number of aromatic nitrogens is 2. The van der Waals surface area contributed by atoms with Gasteiger partial charge >= 0.3 is 12.1 Å². The molecule has 3 amide bonds. The summed E-state index contributed by atoms with van der Waals surface area (Å²) in [6.45, 7) is 4.04. The highest BCUT2D eigenvalue weighted by molar-refractivity contribution is 5.89. The van der Waals surface area contributed by atoms with Crippen LogP contribution in [0.4, 0.5) is 15.3 Å². The Hall–Kier alpha value is -3.03. The molecule has 2 aromatic rings. The van der Waals surface area contributed by atoms with Crippen LogP contribution in [0.5, 0.6) is 0 Å². The van der Waals surface area contributed by atoms with E-state index in [-0.39, 0.29) is 18.2 Å². The number of urea groups is 1. The van der Waals surface area contributed by atoms with Crippen LogP contribution in [0.15, 0.2) is 42.7 Å². The third kappa shape index (κ3) is 5.47. The Balaban J connectivity index is 1.42. The number of hydrogen-bond donors (Lipinski definition) is 2. The molecule has 1 aliphatic heterocycles. The molecular formula is C19H25N5O3. The number of carbonyl (C=O) groups excluding carboxylic acids is 2. The summed E-state index contributed by atoms with van der Waals surface area (Å²) in [5.74, 6) is 0. The van der Waals surface area contributed by atoms with E-state index in [0.717, 1.165) is 24.1 Å². The Labute approximate surface area is 158 Å². The molecule has 0 aliphatic carbocycles. The van der Waals surface area contributed by atoms with E-state index in [4.69, 9.17) is 4.74 Å². The Morgan fingerprint density at radius 2 is 1.96 bits per heavy atom. The van der Waals surface area contributed by atoms with Crippen molar-refractivity contribution < 1.29 is 14.3 Å². The molecule has 2 heterocycles. The number of likely N-dealkylation sites (tertiary alicyclic amines) is 1. The zero-order valence-corrected chi connectivity index (χ0v) is 15.4. The van der Waals surface area contributed by atoms with Crippen molar-refractivity contribution in [3.05, 3.63) is 48.3 Å². The van der Waals surface area contributed by atoms with E-state index in [9.17, 15) is 9.59 Å². The second-order valence-electron chi connectivity index (χ2n) is 6.46. The number of anilines is 1. The van der Waals surface area contributed by atoms with Crippen molar-refractivity contribution in [1.82, 2.24) is 20.0 Å². The molecule has 0 spiro atoms. The van der Waals surface area contributed by atoms with Crippen molar-refractivity contribution in [1.29, 1.82) is 0 Å². The van der Waals surface area contributed by atoms with Crippen LogP contribution in [-0.2, 0) is 11.3 Å². The van der Waals surface area contributed by atoms with Crippen LogP contribution in [-0.4, -0.2) is 52.5 Å². The summed E-state index contributed by atoms with van der Waals surface area (Å²) in [5.41, 5.74) is 1.84. The van der Waals surface area contributed by atoms with Gasteiger partial charge in [0.25, 0.3) is 0 Å². The lowest BCUT2D eigenvalue weighted by Gasteiger charge is -2.31. The van der Waals surface area contributed by atoms with Gasteiger partial charge in [0.2, 0.25) is 0 Å². The van der Waals surface area contributed by atoms with Gasteiger partial charge in [-0.2, -0.15) is 5.10 Å². The highest BCUT2D eigenvalue weighted by Gasteiger charge is 2.24. The smallest absolute Gasteiger partial charge is 0.409 e. The first-order chi connectivity index (χ1) is 13.1. The molecule has 1 aliphatic rings. The Morgan fingerprint density at radius 3 is 2.59 bits per heavy atom. The standard InChI is InChI=1S/C19H25N5O3/c1-2-27-19(26)23-12-8-17(9-13-23)22-18(25)21-16-6-4-15(5-7-16)14-24-11-3-10-20-24/h3-7,10-11,17H,2,8-9,12-14H2,1H3,(H2,21,22,25). The Bertz CT molecular complexity index is 737. The van der Waals surface area contributed by atoms with Crippen LogP contribution in [0.2, 0.25) is 0 Å². The number of hydrogen-bond acceptors (Lipinski definition) is 4. The van der Waals surface area contributed by atoms with E-state index in [0.29, 0.717) is 26.2 Å². The lowest BCUT2D eigenvalue weighted by molar-refractivity contribution is 0.0959. The second kappa shape index (κ2) is 9.07. The summed E-state index contributed by atoms with van der Waals surface area (Å²) in [5, 5.41) is 10.00. The van der Waals surface area contributed by atoms with Crippen molar-refractivity contribution >= 4 is 17.8 Å². The van der Waals surface area contributed by atoms with Crippen LogP contribution in [0.1, 0.15) is 25.3 Å². The molecule has 27 heavy (non-hydrogen) atoms. The minimum atomic E-state index is -0.282. The molecule has 1 fully saturated rings. The average molecular weight is 371 g/mol. The molecule has 8 heteroatoms. The lowest BCUT2D eigenvalue weighted by Crippen LogP contribution is -2.47. The fourth-order valence-corrected chi connectivity index (χ4v) is 3.05. The van der Waals surface area contributed by atoms with Crippen molar-refractivity contribution in [2.75, 3.05) is 25.0 Å². The number of piperidine rings is 1. The maximum Gasteiger partial charge on any atom is 0.409 e. The fraction of sp³-hybridized carbons (Fsp3) is 0.421. The van der Waals surface area contributed by atoms with E-state index in [2.05, 4.69) is 15.7 Å². The maximum absolute atomic E-state index is 12.2. The molecule has 144 valence electrons. The summed E-state index contributed by atoms with van der Waals surface area (Å²) in [6.07, 6.45) is 4.81. The van der Waals surface area contributed by atoms with Gasteiger partial charge in [0.05, 0.1) is 13.2 Å². The third-order valence-electron chi connectivity index (χ3n) is 4.47. The monoisotopic (exact) mass is 371 g/mol. The third-order valence-corrected chi connectivity index (χ3v) is 4.47. The van der Waals surface area contributed by atoms with Crippen molar-refractivity contribution in [3.63, 3.8) is 0 Å². The first-order valence-electron chi connectivity index (χ1n) is 9.19. The lowest BCUT2D eigenvalue weighted by atomic mass is 10.1. The molecule has 0 bridgehead atoms. The molecule has 1 aromatic carbocycles. The van der Waals surface area contributed by atoms with Gasteiger partial charge in [0.15, 0.2) is 0 Å². The maximum atomic E-state index is 12.2. The van der Waals surface area contributed by atoms with Crippen LogP contribution in [0.25, 0.3) is 0 Å². The quantitative estimate of drug-likeness (QED) is 0.846. The van der Waals surface area contributed by atoms with Crippen molar-refractivity contribution in [2.24, 2.45) is 0 Å². The summed E-state index contributed by atoms with van der Waals surface area (Å²) >= 11 is 0. The molecule has 2 N–H and O–H groups in total. The zero-order valence-electron chi connectivity index (χ0n) is 15.4. The van der Waals surface area contributed by atoms with Gasteiger partial charge in [-0.1, -0.05) is 12.1 Å². The first-order valence-corrected chi connectivity index (χ1v) is 9.19. The van der Waals surface area contributed by atoms with Crippen molar-refractivity contribution in [3.8, 4) is 0 Å². The van der Waals surface area contributed by atoms with Gasteiger partial charge in [0, 0.05) is 37.2 Å². The molecule has 0 radical (unpaired) electrons. The average Bonchev–Trinajstić information content (AvgIpc) is 3.17. The van der Waals surface area contributed by atoms with Gasteiger partial charge in [0.1, 0.15) is 0 Å². The van der Waals surface area contributed by atoms with E-state index in [1.807, 2.05) is 41.2 Å². The van der Waals surface area contributed by atoms with Crippen molar-refractivity contribution in [2.45, 2.75) is 32.4 Å². The topological polar surface area (TPSA) is 88.5 Å². The SMILES string of the molecule is CCOC(=O)N1CCC(NC(=O)Nc2ccc(Cn3cccn3)cc2)CC1. The van der Waals surface area contributed by atoms with Crippen LogP contribution in [0.3, 0.4) is 0 Å². The largest absolute Gasteiger partial charge is 0.450 e. The second-order valence-corrected chi connectivity index (χ2v) is 6.46. The predicted octanol–water partition coefficient (Wildman–Crippen LogP) is 2.67. The predicted molar refractivity (Wildman–Crippen MR) is 102 cm³/mol. The minimum Gasteiger partial charge on any atom is -0.450 e. The molecular weight excluding hydrogens is 346 g/mol. The van der Waals surface area contributed by atoms with E-state index >= 15 is 0 Å². The first kappa shape index (κ1) is 18.8. The fourth-order valence-electron chi connectivity index (χ4n) is 3.05. The highest BCUT2D eigenvalue weighted by Crippen LogP contribution is 2.13. The van der Waals surface area contributed by atoms with Gasteiger partial charge < -0.3 is 20.3 Å².